The van der Waals surface area contributed by atoms with Crippen LogP contribution in [0.4, 0.5) is 0 Å². The van der Waals surface area contributed by atoms with E-state index in [0.717, 1.165) is 37.3 Å². The summed E-state index contributed by atoms with van der Waals surface area (Å²) in [6.07, 6.45) is 9.25. The Balaban J connectivity index is 1.63. The van der Waals surface area contributed by atoms with Gasteiger partial charge >= 0.3 is 0 Å². The summed E-state index contributed by atoms with van der Waals surface area (Å²) < 4.78 is 3.74. The summed E-state index contributed by atoms with van der Waals surface area (Å²) in [6.45, 7) is 3.48. The second-order valence-corrected chi connectivity index (χ2v) is 6.83. The van der Waals surface area contributed by atoms with E-state index < -0.39 is 0 Å². The van der Waals surface area contributed by atoms with Crippen LogP contribution in [0, 0.1) is 6.92 Å². The largest absolute Gasteiger partial charge is 0.337 e. The quantitative estimate of drug-likeness (QED) is 0.551. The van der Waals surface area contributed by atoms with Gasteiger partial charge in [-0.3, -0.25) is 13.8 Å². The van der Waals surface area contributed by atoms with Gasteiger partial charge in [0.15, 0.2) is 11.5 Å². The Morgan fingerprint density at radius 1 is 1.04 bits per heavy atom. The molecular formula is C20H19N7O. The average molecular weight is 373 g/mol. The highest BCUT2D eigenvalue weighted by Gasteiger charge is 2.26. The van der Waals surface area contributed by atoms with Crippen LogP contribution in [0.15, 0.2) is 49.1 Å². The summed E-state index contributed by atoms with van der Waals surface area (Å²) in [6, 6.07) is 7.54. The number of aryl methyl sites for hydroxylation is 1. The number of carbonyl (C=O) groups is 1. The average Bonchev–Trinajstić information content (AvgIpc) is 3.46. The fraction of sp³-hybridized carbons (Fsp3) is 0.250. The Labute approximate surface area is 161 Å². The Bertz CT molecular complexity index is 1160. The molecule has 0 N–H and O–H groups in total. The van der Waals surface area contributed by atoms with Crippen molar-refractivity contribution in [2.75, 3.05) is 13.1 Å². The molecule has 140 valence electrons. The number of aromatic nitrogens is 6. The molecule has 0 saturated carbocycles. The molecule has 4 aromatic rings. The molecule has 0 unspecified atom stereocenters. The lowest BCUT2D eigenvalue weighted by atomic mass is 10.3. The van der Waals surface area contributed by atoms with Crippen molar-refractivity contribution in [3.63, 3.8) is 0 Å². The third-order valence-electron chi connectivity index (χ3n) is 5.02. The van der Waals surface area contributed by atoms with Gasteiger partial charge in [0.1, 0.15) is 11.5 Å². The topological polar surface area (TPSA) is 81.2 Å². The van der Waals surface area contributed by atoms with Crippen molar-refractivity contribution in [3.05, 3.63) is 60.6 Å². The van der Waals surface area contributed by atoms with Crippen LogP contribution in [0.2, 0.25) is 0 Å². The number of carbonyl (C=O) groups excluding carboxylic acids is 1. The molecule has 0 spiro atoms. The molecule has 8 nitrogen and oxygen atoms in total. The van der Waals surface area contributed by atoms with E-state index in [2.05, 4.69) is 15.0 Å². The van der Waals surface area contributed by atoms with E-state index in [1.54, 1.807) is 18.5 Å². The molecule has 4 aromatic heterocycles. The summed E-state index contributed by atoms with van der Waals surface area (Å²) in [4.78, 5) is 32.8. The van der Waals surface area contributed by atoms with Crippen LogP contribution >= 0.6 is 0 Å². The number of imidazole rings is 2. The minimum atomic E-state index is -0.0185. The van der Waals surface area contributed by atoms with Gasteiger partial charge in [-0.15, -0.1) is 0 Å². The number of amides is 1. The summed E-state index contributed by atoms with van der Waals surface area (Å²) in [5, 5.41) is 0. The van der Waals surface area contributed by atoms with Gasteiger partial charge in [-0.25, -0.2) is 19.9 Å². The zero-order valence-corrected chi connectivity index (χ0v) is 15.5. The molecule has 1 fully saturated rings. The van der Waals surface area contributed by atoms with Gasteiger partial charge in [0, 0.05) is 37.9 Å². The fourth-order valence-corrected chi connectivity index (χ4v) is 3.64. The molecule has 1 aliphatic heterocycles. The minimum absolute atomic E-state index is 0.0185. The van der Waals surface area contributed by atoms with Crippen molar-refractivity contribution in [1.82, 2.24) is 33.8 Å². The van der Waals surface area contributed by atoms with Crippen LogP contribution < -0.4 is 0 Å². The first-order chi connectivity index (χ1) is 13.7. The monoisotopic (exact) mass is 373 g/mol. The van der Waals surface area contributed by atoms with Gasteiger partial charge in [0.2, 0.25) is 5.95 Å². The molecule has 1 saturated heterocycles. The maximum atomic E-state index is 13.0. The van der Waals surface area contributed by atoms with Crippen LogP contribution in [0.3, 0.4) is 0 Å². The number of likely N-dealkylation sites (tertiary alicyclic amines) is 1. The molecule has 0 radical (unpaired) electrons. The Kier molecular flexibility index (Phi) is 3.89. The number of hydrogen-bond donors (Lipinski definition) is 0. The Morgan fingerprint density at radius 2 is 1.82 bits per heavy atom. The van der Waals surface area contributed by atoms with Gasteiger partial charge in [-0.2, -0.15) is 0 Å². The molecule has 0 bridgehead atoms. The Hall–Kier alpha value is -3.55. The molecule has 8 heteroatoms. The van der Waals surface area contributed by atoms with E-state index in [0.29, 0.717) is 23.2 Å². The SMILES string of the molecule is Cc1nc(-c2nc(C(=O)N3CCCC3)c3ccccn23)cn1-c1ncccn1. The molecular weight excluding hydrogens is 354 g/mol. The van der Waals surface area contributed by atoms with Crippen molar-refractivity contribution < 1.29 is 4.79 Å². The molecule has 5 rings (SSSR count). The van der Waals surface area contributed by atoms with Crippen molar-refractivity contribution in [3.8, 4) is 17.5 Å². The van der Waals surface area contributed by atoms with Crippen LogP contribution in [0.1, 0.15) is 29.2 Å². The van der Waals surface area contributed by atoms with E-state index in [-0.39, 0.29) is 5.91 Å². The molecule has 28 heavy (non-hydrogen) atoms. The van der Waals surface area contributed by atoms with Crippen molar-refractivity contribution in [1.29, 1.82) is 0 Å². The van der Waals surface area contributed by atoms with Gasteiger partial charge < -0.3 is 4.90 Å². The number of pyridine rings is 1. The number of hydrogen-bond acceptors (Lipinski definition) is 5. The zero-order chi connectivity index (χ0) is 19.1. The fourth-order valence-electron chi connectivity index (χ4n) is 3.64. The van der Waals surface area contributed by atoms with Crippen molar-refractivity contribution in [2.24, 2.45) is 0 Å². The van der Waals surface area contributed by atoms with Crippen LogP contribution in [-0.2, 0) is 0 Å². The van der Waals surface area contributed by atoms with Gasteiger partial charge in [0.25, 0.3) is 5.91 Å². The smallest absolute Gasteiger partial charge is 0.274 e. The highest BCUT2D eigenvalue weighted by Crippen LogP contribution is 2.25. The first-order valence-electron chi connectivity index (χ1n) is 9.32. The number of fused-ring (bicyclic) bond motifs is 1. The first-order valence-corrected chi connectivity index (χ1v) is 9.32. The van der Waals surface area contributed by atoms with Crippen molar-refractivity contribution >= 4 is 11.4 Å². The second kappa shape index (κ2) is 6.56. The summed E-state index contributed by atoms with van der Waals surface area (Å²) in [7, 11) is 0. The highest BCUT2D eigenvalue weighted by molar-refractivity contribution is 6.00. The lowest BCUT2D eigenvalue weighted by molar-refractivity contribution is 0.0789. The van der Waals surface area contributed by atoms with E-state index in [9.17, 15) is 4.79 Å². The molecule has 5 heterocycles. The number of nitrogens with zero attached hydrogens (tertiary/aromatic N) is 7. The predicted octanol–water partition coefficient (Wildman–Crippen LogP) is 2.52. The zero-order valence-electron chi connectivity index (χ0n) is 15.5. The van der Waals surface area contributed by atoms with Crippen LogP contribution in [0.5, 0.6) is 0 Å². The second-order valence-electron chi connectivity index (χ2n) is 6.83. The third-order valence-corrected chi connectivity index (χ3v) is 5.02. The standard InChI is InChI=1S/C20H19N7O/c1-14-23-15(13-27(14)20-21-8-6-9-22-20)18-24-17(16-7-2-3-12-26(16)18)19(28)25-10-4-5-11-25/h2-3,6-9,12-13H,4-5,10-11H2,1H3. The number of rotatable bonds is 3. The maximum absolute atomic E-state index is 13.0. The normalized spacial score (nSPS) is 14.1. The highest BCUT2D eigenvalue weighted by atomic mass is 16.2. The lowest BCUT2D eigenvalue weighted by Crippen LogP contribution is -2.28. The van der Waals surface area contributed by atoms with Gasteiger partial charge in [0.05, 0.1) is 5.52 Å². The summed E-state index contributed by atoms with van der Waals surface area (Å²) in [5.41, 5.74) is 1.94. The van der Waals surface area contributed by atoms with Gasteiger partial charge in [-0.1, -0.05) is 6.07 Å². The van der Waals surface area contributed by atoms with E-state index >= 15 is 0 Å². The molecule has 0 atom stereocenters. The summed E-state index contributed by atoms with van der Waals surface area (Å²) in [5.74, 6) is 1.92. The third kappa shape index (κ3) is 2.65. The van der Waals surface area contributed by atoms with Gasteiger partial charge in [-0.05, 0) is 38.0 Å². The Morgan fingerprint density at radius 3 is 2.61 bits per heavy atom. The molecule has 0 aromatic carbocycles. The molecule has 0 aliphatic carbocycles. The van der Waals surface area contributed by atoms with E-state index in [4.69, 9.17) is 4.98 Å². The first kappa shape index (κ1) is 16.6. The van der Waals surface area contributed by atoms with Crippen molar-refractivity contribution in [2.45, 2.75) is 19.8 Å². The predicted molar refractivity (Wildman–Crippen MR) is 103 cm³/mol. The molecule has 1 aliphatic rings. The van der Waals surface area contributed by atoms with E-state index in [1.807, 2.05) is 51.4 Å². The van der Waals surface area contributed by atoms with E-state index in [1.165, 1.54) is 0 Å². The van der Waals surface area contributed by atoms with Crippen LogP contribution in [-0.4, -0.2) is 52.8 Å². The minimum Gasteiger partial charge on any atom is -0.337 e. The maximum Gasteiger partial charge on any atom is 0.274 e. The molecule has 1 amide bonds. The lowest BCUT2D eigenvalue weighted by Gasteiger charge is -2.13. The van der Waals surface area contributed by atoms with Crippen LogP contribution in [0.25, 0.3) is 23.0 Å². The summed E-state index contributed by atoms with van der Waals surface area (Å²) >= 11 is 0.